The highest BCUT2D eigenvalue weighted by molar-refractivity contribution is 5.94. The van der Waals surface area contributed by atoms with Crippen LogP contribution in [0.4, 0.5) is 5.95 Å². The van der Waals surface area contributed by atoms with Crippen LogP contribution >= 0.6 is 0 Å². The molecule has 4 nitrogen and oxygen atoms in total. The van der Waals surface area contributed by atoms with E-state index in [0.717, 1.165) is 24.7 Å². The van der Waals surface area contributed by atoms with Crippen LogP contribution < -0.4 is 4.90 Å². The highest BCUT2D eigenvalue weighted by Crippen LogP contribution is 2.20. The van der Waals surface area contributed by atoms with Gasteiger partial charge in [0.1, 0.15) is 0 Å². The molecule has 1 fully saturated rings. The van der Waals surface area contributed by atoms with E-state index in [1.54, 1.807) is 13.1 Å². The standard InChI is InChI=1S/C13H19N3O/c1-9-5-4-6-16(8-9)13-14-7-12(11(3)17)10(2)15-13/h7,9H,4-6,8H2,1-3H3/t9-/m0/s1. The van der Waals surface area contributed by atoms with E-state index in [9.17, 15) is 4.79 Å². The molecule has 2 heterocycles. The SMILES string of the molecule is CC(=O)c1cnc(N2CCC[C@H](C)C2)nc1C. The topological polar surface area (TPSA) is 46.1 Å². The second-order valence-corrected chi connectivity index (χ2v) is 4.92. The maximum absolute atomic E-state index is 11.3. The molecule has 0 spiro atoms. The van der Waals surface area contributed by atoms with Crippen molar-refractivity contribution in [2.45, 2.75) is 33.6 Å². The van der Waals surface area contributed by atoms with Crippen LogP contribution in [0.25, 0.3) is 0 Å². The number of carbonyl (C=O) groups excluding carboxylic acids is 1. The Bertz CT molecular complexity index is 431. The molecule has 0 aromatic carbocycles. The lowest BCUT2D eigenvalue weighted by Crippen LogP contribution is -2.35. The first kappa shape index (κ1) is 12.0. The number of ketones is 1. The van der Waals surface area contributed by atoms with Gasteiger partial charge in [0.05, 0.1) is 11.3 Å². The minimum atomic E-state index is 0.0288. The first-order valence-corrected chi connectivity index (χ1v) is 6.17. The number of carbonyl (C=O) groups is 1. The van der Waals surface area contributed by atoms with Crippen molar-refractivity contribution in [2.75, 3.05) is 18.0 Å². The molecule has 17 heavy (non-hydrogen) atoms. The Kier molecular flexibility index (Phi) is 3.41. The van der Waals surface area contributed by atoms with E-state index in [4.69, 9.17) is 0 Å². The summed E-state index contributed by atoms with van der Waals surface area (Å²) in [6.45, 7) is 7.70. The summed E-state index contributed by atoms with van der Waals surface area (Å²) in [5.74, 6) is 1.49. The number of Topliss-reactive ketones (excluding diaryl/α,β-unsaturated/α-hetero) is 1. The molecule has 4 heteroatoms. The van der Waals surface area contributed by atoms with Gasteiger partial charge in [0, 0.05) is 19.3 Å². The van der Waals surface area contributed by atoms with Gasteiger partial charge in [-0.15, -0.1) is 0 Å². The van der Waals surface area contributed by atoms with E-state index in [-0.39, 0.29) is 5.78 Å². The lowest BCUT2D eigenvalue weighted by Gasteiger charge is -2.31. The Morgan fingerprint density at radius 2 is 2.29 bits per heavy atom. The zero-order valence-electron chi connectivity index (χ0n) is 10.7. The van der Waals surface area contributed by atoms with Gasteiger partial charge in [0.25, 0.3) is 0 Å². The number of aryl methyl sites for hydroxylation is 1. The Balaban J connectivity index is 2.22. The van der Waals surface area contributed by atoms with Crippen molar-refractivity contribution in [3.05, 3.63) is 17.5 Å². The van der Waals surface area contributed by atoms with E-state index in [1.807, 2.05) is 6.92 Å². The number of hydrogen-bond acceptors (Lipinski definition) is 4. The summed E-state index contributed by atoms with van der Waals surface area (Å²) in [4.78, 5) is 22.3. The molecule has 0 unspecified atom stereocenters. The van der Waals surface area contributed by atoms with Crippen LogP contribution in [-0.4, -0.2) is 28.8 Å². The van der Waals surface area contributed by atoms with Crippen LogP contribution in [0.5, 0.6) is 0 Å². The van der Waals surface area contributed by atoms with E-state index >= 15 is 0 Å². The summed E-state index contributed by atoms with van der Waals surface area (Å²) >= 11 is 0. The van der Waals surface area contributed by atoms with Gasteiger partial charge in [-0.05, 0) is 32.6 Å². The third-order valence-corrected chi connectivity index (χ3v) is 3.29. The fourth-order valence-corrected chi connectivity index (χ4v) is 2.32. The van der Waals surface area contributed by atoms with E-state index in [2.05, 4.69) is 21.8 Å². The minimum absolute atomic E-state index is 0.0288. The molecule has 1 saturated heterocycles. The summed E-state index contributed by atoms with van der Waals surface area (Å²) in [5, 5.41) is 0. The number of hydrogen-bond donors (Lipinski definition) is 0. The molecule has 2 rings (SSSR count). The summed E-state index contributed by atoms with van der Waals surface area (Å²) in [5.41, 5.74) is 1.40. The second kappa shape index (κ2) is 4.82. The van der Waals surface area contributed by atoms with Gasteiger partial charge < -0.3 is 4.90 Å². The van der Waals surface area contributed by atoms with Crippen molar-refractivity contribution in [3.8, 4) is 0 Å². The van der Waals surface area contributed by atoms with Crippen LogP contribution in [-0.2, 0) is 0 Å². The Hall–Kier alpha value is -1.45. The smallest absolute Gasteiger partial charge is 0.225 e. The average molecular weight is 233 g/mol. The van der Waals surface area contributed by atoms with Crippen molar-refractivity contribution < 1.29 is 4.79 Å². The Morgan fingerprint density at radius 3 is 2.88 bits per heavy atom. The van der Waals surface area contributed by atoms with Crippen LogP contribution in [0.15, 0.2) is 6.20 Å². The molecular formula is C13H19N3O. The minimum Gasteiger partial charge on any atom is -0.341 e. The first-order chi connectivity index (χ1) is 8.08. The van der Waals surface area contributed by atoms with Gasteiger partial charge in [-0.2, -0.15) is 0 Å². The van der Waals surface area contributed by atoms with Gasteiger partial charge in [-0.3, -0.25) is 4.79 Å². The fraction of sp³-hybridized carbons (Fsp3) is 0.615. The molecule has 1 atom stereocenters. The maximum Gasteiger partial charge on any atom is 0.225 e. The normalized spacial score (nSPS) is 20.4. The summed E-state index contributed by atoms with van der Waals surface area (Å²) < 4.78 is 0. The van der Waals surface area contributed by atoms with Crippen LogP contribution in [0.1, 0.15) is 42.7 Å². The highest BCUT2D eigenvalue weighted by atomic mass is 16.1. The van der Waals surface area contributed by atoms with E-state index < -0.39 is 0 Å². The first-order valence-electron chi connectivity index (χ1n) is 6.17. The lowest BCUT2D eigenvalue weighted by atomic mass is 10.0. The largest absolute Gasteiger partial charge is 0.341 e. The van der Waals surface area contributed by atoms with Crippen LogP contribution in [0, 0.1) is 12.8 Å². The lowest BCUT2D eigenvalue weighted by molar-refractivity contribution is 0.101. The average Bonchev–Trinajstić information content (AvgIpc) is 2.28. The van der Waals surface area contributed by atoms with Gasteiger partial charge in [-0.25, -0.2) is 9.97 Å². The quantitative estimate of drug-likeness (QED) is 0.735. The molecule has 0 bridgehead atoms. The molecule has 1 aromatic rings. The van der Waals surface area contributed by atoms with Crippen molar-refractivity contribution in [2.24, 2.45) is 5.92 Å². The molecule has 0 amide bonds. The molecule has 1 aliphatic heterocycles. The fourth-order valence-electron chi connectivity index (χ4n) is 2.32. The number of piperidine rings is 1. The van der Waals surface area contributed by atoms with Crippen molar-refractivity contribution >= 4 is 11.7 Å². The van der Waals surface area contributed by atoms with Gasteiger partial charge in [0.15, 0.2) is 5.78 Å². The maximum atomic E-state index is 11.3. The molecular weight excluding hydrogens is 214 g/mol. The molecule has 1 aromatic heterocycles. The van der Waals surface area contributed by atoms with Crippen molar-refractivity contribution in [3.63, 3.8) is 0 Å². The number of nitrogens with zero attached hydrogens (tertiary/aromatic N) is 3. The molecule has 92 valence electrons. The second-order valence-electron chi connectivity index (χ2n) is 4.92. The Labute approximate surface area is 102 Å². The Morgan fingerprint density at radius 1 is 1.53 bits per heavy atom. The molecule has 0 radical (unpaired) electrons. The third-order valence-electron chi connectivity index (χ3n) is 3.29. The van der Waals surface area contributed by atoms with Crippen LogP contribution in [0.3, 0.4) is 0 Å². The number of aromatic nitrogens is 2. The number of anilines is 1. The van der Waals surface area contributed by atoms with Crippen molar-refractivity contribution in [1.82, 2.24) is 9.97 Å². The monoisotopic (exact) mass is 233 g/mol. The molecule has 0 aliphatic carbocycles. The zero-order valence-corrected chi connectivity index (χ0v) is 10.7. The van der Waals surface area contributed by atoms with Gasteiger partial charge in [-0.1, -0.05) is 6.92 Å². The summed E-state index contributed by atoms with van der Waals surface area (Å²) in [7, 11) is 0. The molecule has 0 N–H and O–H groups in total. The molecule has 1 aliphatic rings. The van der Waals surface area contributed by atoms with E-state index in [1.165, 1.54) is 12.8 Å². The predicted octanol–water partition coefficient (Wildman–Crippen LogP) is 2.22. The van der Waals surface area contributed by atoms with Gasteiger partial charge >= 0.3 is 0 Å². The van der Waals surface area contributed by atoms with E-state index in [0.29, 0.717) is 11.5 Å². The van der Waals surface area contributed by atoms with Crippen molar-refractivity contribution in [1.29, 1.82) is 0 Å². The predicted molar refractivity (Wildman–Crippen MR) is 67.4 cm³/mol. The van der Waals surface area contributed by atoms with Crippen LogP contribution in [0.2, 0.25) is 0 Å². The summed E-state index contributed by atoms with van der Waals surface area (Å²) in [6.07, 6.45) is 4.12. The van der Waals surface area contributed by atoms with Gasteiger partial charge in [0.2, 0.25) is 5.95 Å². The molecule has 0 saturated carbocycles. The third kappa shape index (κ3) is 2.62. The summed E-state index contributed by atoms with van der Waals surface area (Å²) in [6, 6.07) is 0. The zero-order chi connectivity index (χ0) is 12.4. The number of rotatable bonds is 2. The highest BCUT2D eigenvalue weighted by Gasteiger charge is 2.19.